The van der Waals surface area contributed by atoms with Gasteiger partial charge in [-0.2, -0.15) is 0 Å². The van der Waals surface area contributed by atoms with Gasteiger partial charge in [0.1, 0.15) is 5.82 Å². The van der Waals surface area contributed by atoms with Crippen LogP contribution in [0.5, 0.6) is 0 Å². The van der Waals surface area contributed by atoms with Crippen molar-refractivity contribution in [3.63, 3.8) is 0 Å². The zero-order valence-corrected chi connectivity index (χ0v) is 19.9. The maximum atomic E-state index is 13.7. The van der Waals surface area contributed by atoms with Crippen LogP contribution in [0.25, 0.3) is 16.6 Å². The quantitative estimate of drug-likeness (QED) is 0.374. The number of aryl methyl sites for hydroxylation is 2. The maximum Gasteiger partial charge on any atom is 0.266 e. The first kappa shape index (κ1) is 22.7. The Kier molecular flexibility index (Phi) is 6.34. The number of para-hydroxylation sites is 1. The van der Waals surface area contributed by atoms with Gasteiger partial charge in [0.2, 0.25) is 0 Å². The molecule has 6 heteroatoms. The number of fused-ring (bicyclic) bond motifs is 1. The lowest BCUT2D eigenvalue weighted by molar-refractivity contribution is 0.0693. The Labute approximate surface area is 198 Å². The number of carbonyl (C=O) groups excluding carboxylic acids is 1. The fourth-order valence-electron chi connectivity index (χ4n) is 4.15. The molecule has 1 atom stereocenters. The zero-order chi connectivity index (χ0) is 23.7. The predicted octanol–water partition coefficient (Wildman–Crippen LogP) is 5.88. The van der Waals surface area contributed by atoms with Crippen molar-refractivity contribution >= 4 is 28.4 Å². The largest absolute Gasteiger partial charge is 0.329 e. The van der Waals surface area contributed by atoms with Gasteiger partial charge in [-0.1, -0.05) is 48.0 Å². The Morgan fingerprint density at radius 2 is 1.76 bits per heavy atom. The van der Waals surface area contributed by atoms with E-state index >= 15 is 0 Å². The second kappa shape index (κ2) is 9.20. The molecule has 4 aromatic rings. The van der Waals surface area contributed by atoms with Gasteiger partial charge in [-0.05, 0) is 69.2 Å². The van der Waals surface area contributed by atoms with E-state index in [-0.39, 0.29) is 11.5 Å². The number of hydrogen-bond acceptors (Lipinski definition) is 3. The molecule has 1 unspecified atom stereocenters. The van der Waals surface area contributed by atoms with Crippen molar-refractivity contribution in [2.24, 2.45) is 0 Å². The fraction of sp³-hybridized carbons (Fsp3) is 0.222. The third kappa shape index (κ3) is 4.16. The molecule has 0 aliphatic carbocycles. The van der Waals surface area contributed by atoms with Crippen molar-refractivity contribution in [2.45, 2.75) is 33.7 Å². The number of halogens is 1. The summed E-state index contributed by atoms with van der Waals surface area (Å²) >= 11 is 6.32. The summed E-state index contributed by atoms with van der Waals surface area (Å²) in [5, 5.41) is 0.932. The van der Waals surface area contributed by atoms with Crippen molar-refractivity contribution < 1.29 is 4.79 Å². The second-order valence-corrected chi connectivity index (χ2v) is 8.57. The molecule has 5 nitrogen and oxygen atoms in total. The number of rotatable bonds is 5. The highest BCUT2D eigenvalue weighted by atomic mass is 35.5. The monoisotopic (exact) mass is 459 g/mol. The van der Waals surface area contributed by atoms with E-state index < -0.39 is 6.04 Å². The Morgan fingerprint density at radius 3 is 2.48 bits per heavy atom. The minimum atomic E-state index is -0.476. The Morgan fingerprint density at radius 1 is 1.06 bits per heavy atom. The standard InChI is InChI=1S/C27H26ClN3O2/c1-5-30(26(32)20-10-6-8-12-22(20)28)19(4)25-29-23-13-9-7-11-21(23)27(33)31(25)24-16-17(2)14-15-18(24)3/h6-16,19H,5H2,1-4H3. The highest BCUT2D eigenvalue weighted by Crippen LogP contribution is 2.27. The van der Waals surface area contributed by atoms with Gasteiger partial charge in [-0.25, -0.2) is 4.98 Å². The van der Waals surface area contributed by atoms with Gasteiger partial charge in [0.05, 0.1) is 33.2 Å². The molecule has 1 aromatic heterocycles. The third-order valence-electron chi connectivity index (χ3n) is 5.95. The first-order chi connectivity index (χ1) is 15.8. The van der Waals surface area contributed by atoms with Crippen molar-refractivity contribution in [3.05, 3.63) is 105 Å². The molecule has 0 spiro atoms. The number of benzene rings is 3. The van der Waals surface area contributed by atoms with Crippen LogP contribution >= 0.6 is 11.6 Å². The summed E-state index contributed by atoms with van der Waals surface area (Å²) in [5.74, 6) is 0.306. The van der Waals surface area contributed by atoms with Gasteiger partial charge in [-0.3, -0.25) is 14.2 Å². The average molecular weight is 460 g/mol. The normalized spacial score (nSPS) is 12.0. The van der Waals surface area contributed by atoms with E-state index in [1.54, 1.807) is 39.8 Å². The lowest BCUT2D eigenvalue weighted by atomic mass is 10.1. The molecule has 0 bridgehead atoms. The van der Waals surface area contributed by atoms with Crippen molar-refractivity contribution in [1.29, 1.82) is 0 Å². The lowest BCUT2D eigenvalue weighted by Crippen LogP contribution is -2.37. The Balaban J connectivity index is 1.95. The molecule has 33 heavy (non-hydrogen) atoms. The van der Waals surface area contributed by atoms with E-state index in [4.69, 9.17) is 16.6 Å². The van der Waals surface area contributed by atoms with E-state index in [9.17, 15) is 9.59 Å². The van der Waals surface area contributed by atoms with E-state index in [1.807, 2.05) is 64.1 Å². The van der Waals surface area contributed by atoms with Crippen LogP contribution in [0.15, 0.2) is 71.5 Å². The third-order valence-corrected chi connectivity index (χ3v) is 6.28. The summed E-state index contributed by atoms with van der Waals surface area (Å²) in [5.41, 5.74) is 3.63. The summed E-state index contributed by atoms with van der Waals surface area (Å²) in [6, 6.07) is 19.8. The fourth-order valence-corrected chi connectivity index (χ4v) is 4.36. The lowest BCUT2D eigenvalue weighted by Gasteiger charge is -2.30. The second-order valence-electron chi connectivity index (χ2n) is 8.16. The number of aromatic nitrogens is 2. The summed E-state index contributed by atoms with van der Waals surface area (Å²) in [7, 11) is 0. The number of carbonyl (C=O) groups is 1. The number of hydrogen-bond donors (Lipinski definition) is 0. The van der Waals surface area contributed by atoms with Crippen LogP contribution in [0.1, 0.15) is 47.2 Å². The molecule has 0 aliphatic rings. The minimum Gasteiger partial charge on any atom is -0.329 e. The molecule has 1 heterocycles. The van der Waals surface area contributed by atoms with Crippen LogP contribution < -0.4 is 5.56 Å². The molecule has 0 saturated carbocycles. The van der Waals surface area contributed by atoms with Crippen molar-refractivity contribution in [3.8, 4) is 5.69 Å². The van der Waals surface area contributed by atoms with E-state index in [2.05, 4.69) is 0 Å². The first-order valence-corrected chi connectivity index (χ1v) is 11.4. The van der Waals surface area contributed by atoms with Crippen molar-refractivity contribution in [2.75, 3.05) is 6.54 Å². The van der Waals surface area contributed by atoms with E-state index in [0.717, 1.165) is 16.8 Å². The molecule has 1 amide bonds. The molecule has 0 N–H and O–H groups in total. The molecule has 4 rings (SSSR count). The minimum absolute atomic E-state index is 0.155. The summed E-state index contributed by atoms with van der Waals surface area (Å²) in [4.78, 5) is 33.8. The van der Waals surface area contributed by atoms with Gasteiger partial charge in [0.15, 0.2) is 0 Å². The summed E-state index contributed by atoms with van der Waals surface area (Å²) in [6.07, 6.45) is 0. The molecule has 0 fully saturated rings. The van der Waals surface area contributed by atoms with Crippen LogP contribution in [0, 0.1) is 13.8 Å². The SMILES string of the molecule is CCN(C(=O)c1ccccc1Cl)C(C)c1nc2ccccc2c(=O)n1-c1cc(C)ccc1C. The predicted molar refractivity (Wildman–Crippen MR) is 133 cm³/mol. The highest BCUT2D eigenvalue weighted by Gasteiger charge is 2.28. The first-order valence-electron chi connectivity index (χ1n) is 11.0. The molecule has 168 valence electrons. The summed E-state index contributed by atoms with van der Waals surface area (Å²) < 4.78 is 1.65. The van der Waals surface area contributed by atoms with Gasteiger partial charge >= 0.3 is 0 Å². The Hall–Kier alpha value is -3.44. The van der Waals surface area contributed by atoms with Crippen LogP contribution in [-0.4, -0.2) is 26.9 Å². The molecule has 0 radical (unpaired) electrons. The smallest absolute Gasteiger partial charge is 0.266 e. The summed E-state index contributed by atoms with van der Waals surface area (Å²) in [6.45, 7) is 8.20. The molecule has 0 aliphatic heterocycles. The average Bonchev–Trinajstić information content (AvgIpc) is 2.81. The maximum absolute atomic E-state index is 13.7. The van der Waals surface area contributed by atoms with Gasteiger partial charge in [-0.15, -0.1) is 0 Å². The Bertz CT molecular complexity index is 1410. The highest BCUT2D eigenvalue weighted by molar-refractivity contribution is 6.33. The molecular weight excluding hydrogens is 434 g/mol. The van der Waals surface area contributed by atoms with Crippen LogP contribution in [-0.2, 0) is 0 Å². The van der Waals surface area contributed by atoms with Crippen LogP contribution in [0.2, 0.25) is 5.02 Å². The van der Waals surface area contributed by atoms with Crippen LogP contribution in [0.4, 0.5) is 0 Å². The van der Waals surface area contributed by atoms with Crippen LogP contribution in [0.3, 0.4) is 0 Å². The molecule has 0 saturated heterocycles. The van der Waals surface area contributed by atoms with Gasteiger partial charge in [0.25, 0.3) is 11.5 Å². The van der Waals surface area contributed by atoms with E-state index in [1.165, 1.54) is 0 Å². The topological polar surface area (TPSA) is 55.2 Å². The molecule has 3 aromatic carbocycles. The van der Waals surface area contributed by atoms with Crippen molar-refractivity contribution in [1.82, 2.24) is 14.5 Å². The zero-order valence-electron chi connectivity index (χ0n) is 19.2. The number of nitrogens with zero attached hydrogens (tertiary/aromatic N) is 3. The van der Waals surface area contributed by atoms with Gasteiger partial charge < -0.3 is 4.90 Å². The molecular formula is C27H26ClN3O2. The van der Waals surface area contributed by atoms with E-state index in [0.29, 0.717) is 33.9 Å². The number of amides is 1. The van der Waals surface area contributed by atoms with Gasteiger partial charge in [0, 0.05) is 6.54 Å².